The zero-order chi connectivity index (χ0) is 23.1. The fourth-order valence-corrected chi connectivity index (χ4v) is 3.50. The van der Waals surface area contributed by atoms with Gasteiger partial charge in [0.2, 0.25) is 0 Å². The molecular weight excluding hydrogens is 408 g/mol. The molecule has 0 saturated heterocycles. The summed E-state index contributed by atoms with van der Waals surface area (Å²) in [5.41, 5.74) is 2.97. The van der Waals surface area contributed by atoms with Gasteiger partial charge in [0.25, 0.3) is 0 Å². The minimum Gasteiger partial charge on any atom is -0.497 e. The molecule has 3 aromatic carbocycles. The highest BCUT2D eigenvalue weighted by Crippen LogP contribution is 2.37. The molecule has 166 valence electrons. The third-order valence-electron chi connectivity index (χ3n) is 4.97. The Balaban J connectivity index is 2.12. The molecule has 0 bridgehead atoms. The van der Waals surface area contributed by atoms with Gasteiger partial charge in [-0.05, 0) is 35.4 Å². The number of esters is 2. The van der Waals surface area contributed by atoms with Crippen LogP contribution in [-0.2, 0) is 19.1 Å². The zero-order valence-electron chi connectivity index (χ0n) is 18.5. The predicted octanol–water partition coefficient (Wildman–Crippen LogP) is 5.01. The number of benzene rings is 3. The van der Waals surface area contributed by atoms with E-state index in [1.807, 2.05) is 72.8 Å². The van der Waals surface area contributed by atoms with Crippen LogP contribution in [0.2, 0.25) is 0 Å². The SMILES string of the molecule is COc1ccc(C(OC(C)=O)c2ccccc2C(OC(C)=O)c2ccc(OC)cc2)cc1. The van der Waals surface area contributed by atoms with Crippen LogP contribution in [0.1, 0.15) is 48.3 Å². The Morgan fingerprint density at radius 3 is 1.22 bits per heavy atom. The van der Waals surface area contributed by atoms with Crippen LogP contribution in [0.25, 0.3) is 0 Å². The molecule has 0 saturated carbocycles. The molecule has 3 aromatic rings. The van der Waals surface area contributed by atoms with Crippen LogP contribution in [0.3, 0.4) is 0 Å². The van der Waals surface area contributed by atoms with Crippen molar-refractivity contribution in [2.45, 2.75) is 26.1 Å². The number of carbonyl (C=O) groups is 2. The number of ether oxygens (including phenoxy) is 4. The van der Waals surface area contributed by atoms with E-state index >= 15 is 0 Å². The van der Waals surface area contributed by atoms with E-state index in [-0.39, 0.29) is 0 Å². The van der Waals surface area contributed by atoms with E-state index in [1.54, 1.807) is 14.2 Å². The van der Waals surface area contributed by atoms with E-state index in [9.17, 15) is 9.59 Å². The highest BCUT2D eigenvalue weighted by molar-refractivity contribution is 5.68. The molecule has 2 atom stereocenters. The largest absolute Gasteiger partial charge is 0.497 e. The van der Waals surface area contributed by atoms with Crippen molar-refractivity contribution in [3.05, 3.63) is 95.1 Å². The van der Waals surface area contributed by atoms with Gasteiger partial charge in [-0.25, -0.2) is 0 Å². The molecule has 0 radical (unpaired) electrons. The van der Waals surface area contributed by atoms with Crippen LogP contribution in [0.15, 0.2) is 72.8 Å². The van der Waals surface area contributed by atoms with Crippen molar-refractivity contribution in [1.29, 1.82) is 0 Å². The molecule has 2 unspecified atom stereocenters. The molecule has 0 heterocycles. The van der Waals surface area contributed by atoms with Gasteiger partial charge in [-0.15, -0.1) is 0 Å². The molecule has 0 aromatic heterocycles. The predicted molar refractivity (Wildman–Crippen MR) is 120 cm³/mol. The van der Waals surface area contributed by atoms with Gasteiger partial charge in [-0.3, -0.25) is 9.59 Å². The smallest absolute Gasteiger partial charge is 0.303 e. The van der Waals surface area contributed by atoms with Gasteiger partial charge in [0.1, 0.15) is 11.5 Å². The highest BCUT2D eigenvalue weighted by atomic mass is 16.5. The van der Waals surface area contributed by atoms with Crippen LogP contribution in [0.5, 0.6) is 11.5 Å². The van der Waals surface area contributed by atoms with E-state index in [0.717, 1.165) is 22.3 Å². The number of carbonyl (C=O) groups excluding carboxylic acids is 2. The van der Waals surface area contributed by atoms with Gasteiger partial charge < -0.3 is 18.9 Å². The molecule has 0 aliphatic heterocycles. The fraction of sp³-hybridized carbons (Fsp3) is 0.231. The molecule has 0 aliphatic carbocycles. The first-order chi connectivity index (χ1) is 15.4. The fourth-order valence-electron chi connectivity index (χ4n) is 3.50. The van der Waals surface area contributed by atoms with E-state index < -0.39 is 24.1 Å². The van der Waals surface area contributed by atoms with Crippen molar-refractivity contribution in [3.8, 4) is 11.5 Å². The van der Waals surface area contributed by atoms with Crippen LogP contribution in [-0.4, -0.2) is 26.2 Å². The maximum absolute atomic E-state index is 12.0. The summed E-state index contributed by atoms with van der Waals surface area (Å²) in [7, 11) is 3.18. The Labute approximate surface area is 187 Å². The second-order valence-electron chi connectivity index (χ2n) is 7.15. The van der Waals surface area contributed by atoms with Gasteiger partial charge in [-0.2, -0.15) is 0 Å². The molecule has 3 rings (SSSR count). The number of hydrogen-bond donors (Lipinski definition) is 0. The average Bonchev–Trinajstić information content (AvgIpc) is 2.81. The Bertz CT molecular complexity index is 970. The minimum absolute atomic E-state index is 0.422. The second-order valence-corrected chi connectivity index (χ2v) is 7.15. The summed E-state index contributed by atoms with van der Waals surface area (Å²) < 4.78 is 21.9. The molecular formula is C26H26O6. The first kappa shape index (κ1) is 22.9. The summed E-state index contributed by atoms with van der Waals surface area (Å²) in [4.78, 5) is 24.0. The Hall–Kier alpha value is -3.80. The van der Waals surface area contributed by atoms with Crippen LogP contribution < -0.4 is 9.47 Å². The van der Waals surface area contributed by atoms with Crippen molar-refractivity contribution in [2.75, 3.05) is 14.2 Å². The molecule has 6 nitrogen and oxygen atoms in total. The minimum atomic E-state index is -0.689. The van der Waals surface area contributed by atoms with E-state index in [2.05, 4.69) is 0 Å². The van der Waals surface area contributed by atoms with Crippen molar-refractivity contribution in [1.82, 2.24) is 0 Å². The molecule has 0 spiro atoms. The van der Waals surface area contributed by atoms with E-state index in [1.165, 1.54) is 13.8 Å². The van der Waals surface area contributed by atoms with Gasteiger partial charge in [0.05, 0.1) is 14.2 Å². The highest BCUT2D eigenvalue weighted by Gasteiger charge is 2.27. The molecule has 32 heavy (non-hydrogen) atoms. The van der Waals surface area contributed by atoms with Crippen molar-refractivity contribution in [3.63, 3.8) is 0 Å². The average molecular weight is 434 g/mol. The lowest BCUT2D eigenvalue weighted by Gasteiger charge is -2.25. The number of methoxy groups -OCH3 is 2. The maximum Gasteiger partial charge on any atom is 0.303 e. The van der Waals surface area contributed by atoms with Crippen LogP contribution in [0.4, 0.5) is 0 Å². The zero-order valence-corrected chi connectivity index (χ0v) is 18.5. The Morgan fingerprint density at radius 1 is 0.594 bits per heavy atom. The van der Waals surface area contributed by atoms with Gasteiger partial charge >= 0.3 is 11.9 Å². The first-order valence-electron chi connectivity index (χ1n) is 10.1. The summed E-state index contributed by atoms with van der Waals surface area (Å²) in [5, 5.41) is 0. The Morgan fingerprint density at radius 2 is 0.938 bits per heavy atom. The first-order valence-corrected chi connectivity index (χ1v) is 10.1. The van der Waals surface area contributed by atoms with Crippen molar-refractivity contribution in [2.24, 2.45) is 0 Å². The van der Waals surface area contributed by atoms with Gasteiger partial charge in [0, 0.05) is 25.0 Å². The quantitative estimate of drug-likeness (QED) is 0.464. The van der Waals surface area contributed by atoms with Crippen molar-refractivity contribution >= 4 is 11.9 Å². The van der Waals surface area contributed by atoms with E-state index in [4.69, 9.17) is 18.9 Å². The lowest BCUT2D eigenvalue weighted by Crippen LogP contribution is -2.17. The second kappa shape index (κ2) is 10.5. The monoisotopic (exact) mass is 434 g/mol. The lowest BCUT2D eigenvalue weighted by atomic mass is 9.91. The summed E-state index contributed by atoms with van der Waals surface area (Å²) in [6.45, 7) is 2.73. The molecule has 0 amide bonds. The molecule has 0 fully saturated rings. The molecule has 0 N–H and O–H groups in total. The third-order valence-corrected chi connectivity index (χ3v) is 4.97. The van der Waals surface area contributed by atoms with Crippen LogP contribution in [0, 0.1) is 0 Å². The number of hydrogen-bond acceptors (Lipinski definition) is 6. The van der Waals surface area contributed by atoms with Gasteiger partial charge in [0.15, 0.2) is 12.2 Å². The number of rotatable bonds is 8. The standard InChI is InChI=1S/C26H26O6/c1-17(27)31-25(19-9-13-21(29-3)14-10-19)23-7-5-6-8-24(23)26(32-18(2)28)20-11-15-22(30-4)16-12-20/h5-16,25-26H,1-4H3. The summed E-state index contributed by atoms with van der Waals surface area (Å²) in [6.07, 6.45) is -1.38. The van der Waals surface area contributed by atoms with Crippen molar-refractivity contribution < 1.29 is 28.5 Å². The lowest BCUT2D eigenvalue weighted by molar-refractivity contribution is -0.146. The summed E-state index contributed by atoms with van der Waals surface area (Å²) in [5.74, 6) is 0.544. The topological polar surface area (TPSA) is 71.1 Å². The van der Waals surface area contributed by atoms with E-state index in [0.29, 0.717) is 11.5 Å². The van der Waals surface area contributed by atoms with Gasteiger partial charge in [-0.1, -0.05) is 48.5 Å². The Kier molecular flexibility index (Phi) is 7.49. The maximum atomic E-state index is 12.0. The molecule has 0 aliphatic rings. The normalized spacial score (nSPS) is 12.4. The summed E-state index contributed by atoms with van der Waals surface area (Å²) in [6, 6.07) is 22.1. The third kappa shape index (κ3) is 5.46. The molecule has 6 heteroatoms. The van der Waals surface area contributed by atoms with Crippen LogP contribution >= 0.6 is 0 Å². The summed E-state index contributed by atoms with van der Waals surface area (Å²) >= 11 is 0.